The zero-order valence-corrected chi connectivity index (χ0v) is 15.8. The zero-order valence-electron chi connectivity index (χ0n) is 15.8. The number of benzene rings is 3. The van der Waals surface area contributed by atoms with Gasteiger partial charge in [-0.3, -0.25) is 0 Å². The average molecular weight is 339 g/mol. The van der Waals surface area contributed by atoms with E-state index in [9.17, 15) is 0 Å². The molecular formula is C25H25N. The van der Waals surface area contributed by atoms with E-state index in [1.54, 1.807) is 0 Å². The van der Waals surface area contributed by atoms with E-state index in [0.717, 1.165) is 13.0 Å². The molecule has 0 aromatic heterocycles. The predicted octanol–water partition coefficient (Wildman–Crippen LogP) is 6.72. The zero-order chi connectivity index (χ0) is 18.1. The number of rotatable bonds is 4. The Bertz CT molecular complexity index is 1010. The molecule has 0 fully saturated rings. The summed E-state index contributed by atoms with van der Waals surface area (Å²) >= 11 is 0. The standard InChI is InChI=1S/C25H25N/c1-17-14-18(2)25(19(3)15-17)26-16-24-22-11-7-6-10-21(22)12-13-23(24)20-8-4-5-9-20/h4-8,10-15,26H,9,16H2,1-3H3. The summed E-state index contributed by atoms with van der Waals surface area (Å²) in [5.74, 6) is 0. The van der Waals surface area contributed by atoms with Gasteiger partial charge in [-0.05, 0) is 65.8 Å². The Hall–Kier alpha value is -2.80. The quantitative estimate of drug-likeness (QED) is 0.556. The van der Waals surface area contributed by atoms with Gasteiger partial charge in [-0.2, -0.15) is 0 Å². The van der Waals surface area contributed by atoms with E-state index in [1.807, 2.05) is 0 Å². The molecule has 0 bridgehead atoms. The van der Waals surface area contributed by atoms with Gasteiger partial charge in [0.25, 0.3) is 0 Å². The van der Waals surface area contributed by atoms with Gasteiger partial charge >= 0.3 is 0 Å². The third-order valence-corrected chi connectivity index (χ3v) is 5.28. The number of hydrogen-bond donors (Lipinski definition) is 1. The van der Waals surface area contributed by atoms with Crippen LogP contribution < -0.4 is 5.32 Å². The Morgan fingerprint density at radius 2 is 1.69 bits per heavy atom. The average Bonchev–Trinajstić information content (AvgIpc) is 3.15. The Morgan fingerprint density at radius 3 is 2.42 bits per heavy atom. The van der Waals surface area contributed by atoms with Crippen molar-refractivity contribution in [2.45, 2.75) is 33.7 Å². The van der Waals surface area contributed by atoms with Gasteiger partial charge in [0, 0.05) is 12.2 Å². The minimum absolute atomic E-state index is 0.832. The van der Waals surface area contributed by atoms with Gasteiger partial charge in [-0.1, -0.05) is 72.3 Å². The van der Waals surface area contributed by atoms with Crippen LogP contribution in [-0.4, -0.2) is 0 Å². The van der Waals surface area contributed by atoms with Crippen molar-refractivity contribution in [2.24, 2.45) is 0 Å². The van der Waals surface area contributed by atoms with Gasteiger partial charge in [0.1, 0.15) is 0 Å². The highest BCUT2D eigenvalue weighted by molar-refractivity contribution is 5.91. The van der Waals surface area contributed by atoms with Crippen LogP contribution in [0.1, 0.15) is 34.2 Å². The number of nitrogens with one attached hydrogen (secondary N) is 1. The molecule has 0 spiro atoms. The molecule has 0 unspecified atom stereocenters. The van der Waals surface area contributed by atoms with Crippen LogP contribution in [0.25, 0.3) is 16.3 Å². The van der Waals surface area contributed by atoms with Crippen molar-refractivity contribution in [3.05, 3.63) is 94.6 Å². The van der Waals surface area contributed by atoms with E-state index in [2.05, 4.69) is 92.8 Å². The fourth-order valence-corrected chi connectivity index (χ4v) is 4.11. The maximum atomic E-state index is 3.73. The molecule has 130 valence electrons. The summed E-state index contributed by atoms with van der Waals surface area (Å²) in [7, 11) is 0. The fraction of sp³-hybridized carbons (Fsp3) is 0.200. The first-order chi connectivity index (χ1) is 12.6. The number of fused-ring (bicyclic) bond motifs is 1. The molecule has 0 heterocycles. The molecule has 0 saturated heterocycles. The summed E-state index contributed by atoms with van der Waals surface area (Å²) in [6, 6.07) is 17.7. The smallest absolute Gasteiger partial charge is 0.0413 e. The summed E-state index contributed by atoms with van der Waals surface area (Å²) in [5, 5.41) is 6.38. The topological polar surface area (TPSA) is 12.0 Å². The van der Waals surface area contributed by atoms with E-state index in [0.29, 0.717) is 0 Å². The molecule has 0 saturated carbocycles. The second-order valence-corrected chi connectivity index (χ2v) is 7.26. The summed E-state index contributed by atoms with van der Waals surface area (Å²) in [6.45, 7) is 7.37. The molecular weight excluding hydrogens is 314 g/mol. The lowest BCUT2D eigenvalue weighted by atomic mass is 9.93. The summed E-state index contributed by atoms with van der Waals surface area (Å²) in [4.78, 5) is 0. The van der Waals surface area contributed by atoms with E-state index in [4.69, 9.17) is 0 Å². The number of anilines is 1. The van der Waals surface area contributed by atoms with Crippen molar-refractivity contribution < 1.29 is 0 Å². The van der Waals surface area contributed by atoms with Gasteiger partial charge in [0.15, 0.2) is 0 Å². The highest BCUT2D eigenvalue weighted by Gasteiger charge is 2.13. The van der Waals surface area contributed by atoms with Crippen molar-refractivity contribution in [3.63, 3.8) is 0 Å². The highest BCUT2D eigenvalue weighted by Crippen LogP contribution is 2.32. The molecule has 0 radical (unpaired) electrons. The van der Waals surface area contributed by atoms with Crippen molar-refractivity contribution in [3.8, 4) is 0 Å². The first kappa shape index (κ1) is 16.7. The van der Waals surface area contributed by atoms with Crippen molar-refractivity contribution >= 4 is 22.0 Å². The van der Waals surface area contributed by atoms with Gasteiger partial charge in [0.2, 0.25) is 0 Å². The Balaban J connectivity index is 1.76. The maximum Gasteiger partial charge on any atom is 0.0413 e. The highest BCUT2D eigenvalue weighted by atomic mass is 14.9. The number of allylic oxidation sites excluding steroid dienone is 4. The first-order valence-corrected chi connectivity index (χ1v) is 9.32. The van der Waals surface area contributed by atoms with Crippen LogP contribution in [0.15, 0.2) is 66.8 Å². The van der Waals surface area contributed by atoms with Crippen molar-refractivity contribution in [1.82, 2.24) is 0 Å². The van der Waals surface area contributed by atoms with Crippen LogP contribution >= 0.6 is 0 Å². The molecule has 1 aliphatic carbocycles. The van der Waals surface area contributed by atoms with E-state index < -0.39 is 0 Å². The summed E-state index contributed by atoms with van der Waals surface area (Å²) in [6.07, 6.45) is 7.66. The minimum atomic E-state index is 0.832. The third kappa shape index (κ3) is 3.06. The lowest BCUT2D eigenvalue weighted by Crippen LogP contribution is -2.06. The van der Waals surface area contributed by atoms with Gasteiger partial charge in [-0.15, -0.1) is 0 Å². The molecule has 0 aliphatic heterocycles. The van der Waals surface area contributed by atoms with Crippen LogP contribution in [0, 0.1) is 20.8 Å². The van der Waals surface area contributed by atoms with Crippen LogP contribution in [0.4, 0.5) is 5.69 Å². The molecule has 1 nitrogen and oxygen atoms in total. The van der Waals surface area contributed by atoms with E-state index in [-0.39, 0.29) is 0 Å². The lowest BCUT2D eigenvalue weighted by Gasteiger charge is -2.18. The molecule has 1 aliphatic rings. The van der Waals surface area contributed by atoms with Gasteiger partial charge in [-0.25, -0.2) is 0 Å². The normalized spacial score (nSPS) is 13.3. The van der Waals surface area contributed by atoms with Crippen LogP contribution in [-0.2, 0) is 6.54 Å². The molecule has 1 heteroatoms. The second kappa shape index (κ2) is 6.84. The Morgan fingerprint density at radius 1 is 0.923 bits per heavy atom. The monoisotopic (exact) mass is 339 g/mol. The summed E-state index contributed by atoms with van der Waals surface area (Å²) < 4.78 is 0. The maximum absolute atomic E-state index is 3.73. The van der Waals surface area contributed by atoms with Crippen LogP contribution in [0.2, 0.25) is 0 Å². The van der Waals surface area contributed by atoms with Crippen LogP contribution in [0.5, 0.6) is 0 Å². The Kier molecular flexibility index (Phi) is 4.38. The molecule has 3 aromatic carbocycles. The molecule has 0 amide bonds. The molecule has 1 N–H and O–H groups in total. The largest absolute Gasteiger partial charge is 0.380 e. The van der Waals surface area contributed by atoms with E-state index in [1.165, 1.54) is 49.9 Å². The fourth-order valence-electron chi connectivity index (χ4n) is 4.11. The van der Waals surface area contributed by atoms with Gasteiger partial charge < -0.3 is 5.32 Å². The minimum Gasteiger partial charge on any atom is -0.380 e. The van der Waals surface area contributed by atoms with Crippen LogP contribution in [0.3, 0.4) is 0 Å². The number of aryl methyl sites for hydroxylation is 3. The van der Waals surface area contributed by atoms with Crippen molar-refractivity contribution in [1.29, 1.82) is 0 Å². The van der Waals surface area contributed by atoms with E-state index >= 15 is 0 Å². The molecule has 3 aromatic rings. The summed E-state index contributed by atoms with van der Waals surface area (Å²) in [5.41, 5.74) is 9.36. The third-order valence-electron chi connectivity index (χ3n) is 5.28. The molecule has 4 rings (SSSR count). The van der Waals surface area contributed by atoms with Gasteiger partial charge in [0.05, 0.1) is 0 Å². The molecule has 0 atom stereocenters. The lowest BCUT2D eigenvalue weighted by molar-refractivity contribution is 1.13. The number of hydrogen-bond acceptors (Lipinski definition) is 1. The molecule has 26 heavy (non-hydrogen) atoms. The SMILES string of the molecule is Cc1cc(C)c(NCc2c(C3=CC=CC3)ccc3ccccc23)c(C)c1. The predicted molar refractivity (Wildman–Crippen MR) is 114 cm³/mol. The first-order valence-electron chi connectivity index (χ1n) is 9.32. The second-order valence-electron chi connectivity index (χ2n) is 7.26. The Labute approximate surface area is 156 Å². The van der Waals surface area contributed by atoms with Crippen molar-refractivity contribution in [2.75, 3.05) is 5.32 Å².